The van der Waals surface area contributed by atoms with E-state index in [1.807, 2.05) is 54.1 Å². The monoisotopic (exact) mass is 422 g/mol. The van der Waals surface area contributed by atoms with Gasteiger partial charge < -0.3 is 9.64 Å². The van der Waals surface area contributed by atoms with Gasteiger partial charge in [-0.2, -0.15) is 0 Å². The fourth-order valence-corrected chi connectivity index (χ4v) is 4.11. The number of carbonyl (C=O) groups is 2. The number of rotatable bonds is 6. The van der Waals surface area contributed by atoms with Crippen LogP contribution in [-0.2, 0) is 16.0 Å². The van der Waals surface area contributed by atoms with Crippen molar-refractivity contribution in [3.8, 4) is 5.69 Å². The summed E-state index contributed by atoms with van der Waals surface area (Å²) in [5.41, 5.74) is 3.45. The number of aryl methyl sites for hydroxylation is 1. The Morgan fingerprint density at radius 2 is 1.87 bits per heavy atom. The van der Waals surface area contributed by atoms with E-state index in [1.165, 1.54) is 17.3 Å². The Labute approximate surface area is 179 Å². The Hall–Kier alpha value is -3.13. The number of esters is 1. The first kappa shape index (κ1) is 20.2. The number of carbonyl (C=O) groups excluding carboxylic acids is 2. The van der Waals surface area contributed by atoms with Crippen LogP contribution in [0.5, 0.6) is 0 Å². The number of benzene rings is 2. The molecule has 1 amide bonds. The molecule has 7 nitrogen and oxygen atoms in total. The highest BCUT2D eigenvalue weighted by Gasteiger charge is 2.24. The van der Waals surface area contributed by atoms with Crippen molar-refractivity contribution in [2.45, 2.75) is 24.9 Å². The van der Waals surface area contributed by atoms with Gasteiger partial charge in [-0.1, -0.05) is 30.0 Å². The molecule has 1 aliphatic heterocycles. The lowest BCUT2D eigenvalue weighted by Crippen LogP contribution is -2.29. The van der Waals surface area contributed by atoms with Gasteiger partial charge in [0, 0.05) is 17.9 Å². The quantitative estimate of drug-likeness (QED) is 0.447. The minimum atomic E-state index is -0.443. The third kappa shape index (κ3) is 3.95. The third-order valence-electron chi connectivity index (χ3n) is 5.08. The van der Waals surface area contributed by atoms with E-state index in [-0.39, 0.29) is 18.9 Å². The van der Waals surface area contributed by atoms with Crippen molar-refractivity contribution >= 4 is 29.3 Å². The Morgan fingerprint density at radius 3 is 2.63 bits per heavy atom. The van der Waals surface area contributed by atoms with Gasteiger partial charge in [-0.25, -0.2) is 4.79 Å². The lowest BCUT2D eigenvalue weighted by Gasteiger charge is -2.17. The van der Waals surface area contributed by atoms with Crippen LogP contribution in [0.25, 0.3) is 5.69 Å². The zero-order valence-corrected chi connectivity index (χ0v) is 17.7. The zero-order valence-electron chi connectivity index (χ0n) is 16.9. The van der Waals surface area contributed by atoms with Crippen LogP contribution in [0, 0.1) is 6.92 Å². The SMILES string of the molecule is CSc1nnc(C)n1-c1ccc(C(=O)OCCC(=O)N2CCc3ccccc32)cc1. The molecule has 0 fully saturated rings. The molecule has 0 saturated carbocycles. The number of anilines is 1. The molecule has 2 heterocycles. The number of fused-ring (bicyclic) bond motifs is 1. The van der Waals surface area contributed by atoms with E-state index >= 15 is 0 Å². The van der Waals surface area contributed by atoms with Crippen LogP contribution >= 0.6 is 11.8 Å². The van der Waals surface area contributed by atoms with Crippen molar-refractivity contribution in [3.05, 3.63) is 65.5 Å². The topological polar surface area (TPSA) is 77.3 Å². The molecule has 154 valence electrons. The van der Waals surface area contributed by atoms with Gasteiger partial charge in [0.15, 0.2) is 5.16 Å². The van der Waals surface area contributed by atoms with E-state index in [1.54, 1.807) is 17.0 Å². The number of nitrogens with zero attached hydrogens (tertiary/aromatic N) is 4. The van der Waals surface area contributed by atoms with Crippen LogP contribution in [0.4, 0.5) is 5.69 Å². The highest BCUT2D eigenvalue weighted by molar-refractivity contribution is 7.98. The maximum atomic E-state index is 12.5. The molecule has 0 atom stereocenters. The Balaban J connectivity index is 1.34. The summed E-state index contributed by atoms with van der Waals surface area (Å²) in [6.45, 7) is 2.61. The fourth-order valence-electron chi connectivity index (χ4n) is 3.57. The van der Waals surface area contributed by atoms with Gasteiger partial charge in [-0.3, -0.25) is 9.36 Å². The van der Waals surface area contributed by atoms with Crippen LogP contribution < -0.4 is 4.90 Å². The predicted molar refractivity (Wildman–Crippen MR) is 115 cm³/mol. The van der Waals surface area contributed by atoms with E-state index in [9.17, 15) is 9.59 Å². The van der Waals surface area contributed by atoms with E-state index in [0.29, 0.717) is 12.1 Å². The Bertz CT molecular complexity index is 1080. The second kappa shape index (κ2) is 8.71. The molecule has 4 rings (SSSR count). The Kier molecular flexibility index (Phi) is 5.85. The predicted octanol–water partition coefficient (Wildman–Crippen LogP) is 3.43. The van der Waals surface area contributed by atoms with E-state index in [0.717, 1.165) is 28.8 Å². The first-order chi connectivity index (χ1) is 14.6. The van der Waals surface area contributed by atoms with Gasteiger partial charge in [0.2, 0.25) is 5.91 Å². The first-order valence-electron chi connectivity index (χ1n) is 9.70. The maximum absolute atomic E-state index is 12.5. The standard InChI is InChI=1S/C22H22N4O3S/c1-15-23-24-22(30-2)26(15)18-9-7-17(8-10-18)21(28)29-14-12-20(27)25-13-11-16-5-3-4-6-19(16)25/h3-10H,11-14H2,1-2H3. The molecule has 0 spiro atoms. The highest BCUT2D eigenvalue weighted by Crippen LogP contribution is 2.28. The molecule has 2 aromatic carbocycles. The van der Waals surface area contributed by atoms with Crippen molar-refractivity contribution in [2.75, 3.05) is 24.3 Å². The van der Waals surface area contributed by atoms with Crippen LogP contribution in [0.1, 0.15) is 28.2 Å². The van der Waals surface area contributed by atoms with Gasteiger partial charge >= 0.3 is 5.97 Å². The number of hydrogen-bond donors (Lipinski definition) is 0. The van der Waals surface area contributed by atoms with Gasteiger partial charge in [0.05, 0.1) is 12.0 Å². The summed E-state index contributed by atoms with van der Waals surface area (Å²) < 4.78 is 7.25. The maximum Gasteiger partial charge on any atom is 0.338 e. The number of ether oxygens (including phenoxy) is 1. The molecule has 0 aliphatic carbocycles. The molecule has 0 N–H and O–H groups in total. The number of aromatic nitrogens is 3. The molecule has 1 aliphatic rings. The molecule has 0 unspecified atom stereocenters. The summed E-state index contributed by atoms with van der Waals surface area (Å²) >= 11 is 1.50. The van der Waals surface area contributed by atoms with Crippen LogP contribution in [-0.4, -0.2) is 46.0 Å². The molecule has 1 aromatic heterocycles. The minimum absolute atomic E-state index is 0.0317. The molecular formula is C22H22N4O3S. The largest absolute Gasteiger partial charge is 0.462 e. The van der Waals surface area contributed by atoms with Gasteiger partial charge in [0.25, 0.3) is 0 Å². The lowest BCUT2D eigenvalue weighted by atomic mass is 10.2. The molecule has 30 heavy (non-hydrogen) atoms. The number of amides is 1. The van der Waals surface area contributed by atoms with E-state index in [4.69, 9.17) is 4.74 Å². The smallest absolute Gasteiger partial charge is 0.338 e. The van der Waals surface area contributed by atoms with Crippen molar-refractivity contribution < 1.29 is 14.3 Å². The molecule has 8 heteroatoms. The van der Waals surface area contributed by atoms with Crippen molar-refractivity contribution in [1.29, 1.82) is 0 Å². The summed E-state index contributed by atoms with van der Waals surface area (Å²) in [5.74, 6) is 0.300. The molecule has 0 bridgehead atoms. The van der Waals surface area contributed by atoms with Gasteiger partial charge in [-0.15, -0.1) is 10.2 Å². The average Bonchev–Trinajstić information content (AvgIpc) is 3.37. The summed E-state index contributed by atoms with van der Waals surface area (Å²) in [7, 11) is 0. The second-order valence-corrected chi connectivity index (χ2v) is 7.70. The third-order valence-corrected chi connectivity index (χ3v) is 5.71. The fraction of sp³-hybridized carbons (Fsp3) is 0.273. The van der Waals surface area contributed by atoms with Crippen LogP contribution in [0.2, 0.25) is 0 Å². The lowest BCUT2D eigenvalue weighted by molar-refractivity contribution is -0.119. The van der Waals surface area contributed by atoms with Crippen LogP contribution in [0.3, 0.4) is 0 Å². The highest BCUT2D eigenvalue weighted by atomic mass is 32.2. The first-order valence-corrected chi connectivity index (χ1v) is 10.9. The van der Waals surface area contributed by atoms with Crippen molar-refractivity contribution in [1.82, 2.24) is 14.8 Å². The van der Waals surface area contributed by atoms with Gasteiger partial charge in [-0.05, 0) is 55.5 Å². The van der Waals surface area contributed by atoms with Crippen molar-refractivity contribution in [2.24, 2.45) is 0 Å². The summed E-state index contributed by atoms with van der Waals surface area (Å²) in [5, 5.41) is 8.99. The Morgan fingerprint density at radius 1 is 1.10 bits per heavy atom. The zero-order chi connectivity index (χ0) is 21.1. The van der Waals surface area contributed by atoms with E-state index < -0.39 is 5.97 Å². The molecule has 3 aromatic rings. The van der Waals surface area contributed by atoms with E-state index in [2.05, 4.69) is 10.2 Å². The minimum Gasteiger partial charge on any atom is -0.462 e. The molecular weight excluding hydrogens is 400 g/mol. The van der Waals surface area contributed by atoms with Gasteiger partial charge in [0.1, 0.15) is 12.4 Å². The van der Waals surface area contributed by atoms with Crippen molar-refractivity contribution in [3.63, 3.8) is 0 Å². The van der Waals surface area contributed by atoms with Crippen LogP contribution in [0.15, 0.2) is 53.7 Å². The number of thioether (sulfide) groups is 1. The molecule has 0 saturated heterocycles. The second-order valence-electron chi connectivity index (χ2n) is 6.93. The normalized spacial score (nSPS) is 12.7. The average molecular weight is 423 g/mol. The molecule has 0 radical (unpaired) electrons. The summed E-state index contributed by atoms with van der Waals surface area (Å²) in [6, 6.07) is 15.0. The summed E-state index contributed by atoms with van der Waals surface area (Å²) in [6.07, 6.45) is 2.96. The number of para-hydroxylation sites is 1. The number of hydrogen-bond acceptors (Lipinski definition) is 6. The summed E-state index contributed by atoms with van der Waals surface area (Å²) in [4.78, 5) is 26.6.